The number of rotatable bonds is 5. The third-order valence-corrected chi connectivity index (χ3v) is 9.83. The number of sulfone groups is 1. The van der Waals surface area contributed by atoms with Crippen molar-refractivity contribution in [1.29, 1.82) is 0 Å². The summed E-state index contributed by atoms with van der Waals surface area (Å²) in [7, 11) is -4.58. The summed E-state index contributed by atoms with van der Waals surface area (Å²) in [5.41, 5.74) is -1.53. The van der Waals surface area contributed by atoms with E-state index in [1.165, 1.54) is 6.92 Å². The Kier molecular flexibility index (Phi) is 6.93. The number of hydrogen-bond acceptors (Lipinski definition) is 6. The molecule has 0 bridgehead atoms. The highest BCUT2D eigenvalue weighted by molar-refractivity contribution is 8.13. The van der Waals surface area contributed by atoms with Crippen molar-refractivity contribution in [2.75, 3.05) is 19.0 Å². The van der Waals surface area contributed by atoms with E-state index in [9.17, 15) is 30.8 Å². The second kappa shape index (κ2) is 9.36. The topological polar surface area (TPSA) is 69.7 Å². The predicted octanol–water partition coefficient (Wildman–Crippen LogP) is 5.12. The number of thioether (sulfide) groups is 1. The van der Waals surface area contributed by atoms with Crippen molar-refractivity contribution < 1.29 is 44.6 Å². The maximum atomic E-state index is 15.3. The van der Waals surface area contributed by atoms with Gasteiger partial charge in [-0.3, -0.25) is 4.79 Å². The first-order valence-corrected chi connectivity index (χ1v) is 13.1. The van der Waals surface area contributed by atoms with Crippen LogP contribution in [0.3, 0.4) is 0 Å². The number of carbonyl (C=O) groups excluding carboxylic acids is 1. The molecule has 5 nitrogen and oxygen atoms in total. The van der Waals surface area contributed by atoms with Crippen molar-refractivity contribution in [2.45, 2.75) is 41.7 Å². The molecule has 4 rings (SSSR count). The Bertz CT molecular complexity index is 1230. The summed E-state index contributed by atoms with van der Waals surface area (Å²) in [5.74, 6) is -3.18. The number of alkyl halides is 3. The monoisotopic (exact) mass is 536 g/mol. The lowest BCUT2D eigenvalue weighted by molar-refractivity contribution is -0.137. The third-order valence-electron chi connectivity index (χ3n) is 6.42. The average molecular weight is 537 g/mol. The van der Waals surface area contributed by atoms with Gasteiger partial charge in [-0.1, -0.05) is 11.8 Å². The van der Waals surface area contributed by atoms with E-state index in [1.54, 1.807) is 0 Å². The van der Waals surface area contributed by atoms with Crippen molar-refractivity contribution in [3.05, 3.63) is 59.2 Å². The molecule has 0 radical (unpaired) electrons. The Balaban J connectivity index is 1.88. The molecule has 2 aliphatic heterocycles. The molecule has 2 aromatic carbocycles. The van der Waals surface area contributed by atoms with E-state index in [0.29, 0.717) is 17.9 Å². The van der Waals surface area contributed by atoms with E-state index >= 15 is 4.39 Å². The maximum Gasteiger partial charge on any atom is 0.416 e. The molecule has 1 saturated heterocycles. The number of benzene rings is 2. The molecule has 0 spiro atoms. The van der Waals surface area contributed by atoms with Gasteiger partial charge in [-0.15, -0.1) is 0 Å². The molecule has 0 aromatic heterocycles. The third kappa shape index (κ3) is 4.44. The summed E-state index contributed by atoms with van der Waals surface area (Å²) < 4.78 is 107. The van der Waals surface area contributed by atoms with Crippen LogP contribution in [0.15, 0.2) is 41.3 Å². The van der Waals surface area contributed by atoms with Crippen LogP contribution >= 0.6 is 11.8 Å². The second-order valence-corrected chi connectivity index (χ2v) is 11.8. The Labute approximate surface area is 202 Å². The molecule has 1 unspecified atom stereocenters. The molecule has 1 fully saturated rings. The summed E-state index contributed by atoms with van der Waals surface area (Å²) in [6, 6.07) is 4.56. The smallest absolute Gasteiger partial charge is 0.416 e. The highest BCUT2D eigenvalue weighted by Crippen LogP contribution is 2.56. The van der Waals surface area contributed by atoms with Crippen molar-refractivity contribution in [2.24, 2.45) is 5.92 Å². The molecule has 35 heavy (non-hydrogen) atoms. The molecule has 0 amide bonds. The summed E-state index contributed by atoms with van der Waals surface area (Å²) in [6.45, 7) is 0.938. The Morgan fingerprint density at radius 1 is 1.11 bits per heavy atom. The lowest BCUT2D eigenvalue weighted by Gasteiger charge is -2.50. The molecule has 2 aromatic rings. The number of halogens is 5. The summed E-state index contributed by atoms with van der Waals surface area (Å²) in [6.07, 6.45) is -5.49. The van der Waals surface area contributed by atoms with Crippen molar-refractivity contribution >= 4 is 26.7 Å². The first-order valence-electron chi connectivity index (χ1n) is 10.7. The summed E-state index contributed by atoms with van der Waals surface area (Å²) in [5, 5.41) is -0.150. The normalized spacial score (nSPS) is 24.3. The van der Waals surface area contributed by atoms with E-state index in [2.05, 4.69) is 0 Å². The zero-order valence-electron chi connectivity index (χ0n) is 18.4. The molecule has 0 N–H and O–H groups in total. The van der Waals surface area contributed by atoms with Crippen LogP contribution in [0.4, 0.5) is 22.0 Å². The van der Waals surface area contributed by atoms with E-state index < -0.39 is 66.2 Å². The van der Waals surface area contributed by atoms with Crippen LogP contribution in [0.1, 0.15) is 30.9 Å². The number of ether oxygens (including phenoxy) is 2. The maximum absolute atomic E-state index is 15.3. The number of hydrogen-bond donors (Lipinski definition) is 0. The minimum atomic E-state index is -4.68. The van der Waals surface area contributed by atoms with Crippen LogP contribution in [-0.2, 0) is 30.3 Å². The van der Waals surface area contributed by atoms with Crippen LogP contribution < -0.4 is 4.74 Å². The molecule has 3 atom stereocenters. The fraction of sp³-hybridized carbons (Fsp3) is 0.435. The Hall–Kier alpha value is -2.18. The van der Waals surface area contributed by atoms with Crippen LogP contribution in [-0.4, -0.2) is 38.6 Å². The number of fused-ring (bicyclic) bond motifs is 3. The minimum absolute atomic E-state index is 0.124. The van der Waals surface area contributed by atoms with Gasteiger partial charge >= 0.3 is 6.18 Å². The fourth-order valence-electron chi connectivity index (χ4n) is 4.86. The lowest BCUT2D eigenvalue weighted by atomic mass is 9.75. The number of carbonyl (C=O) groups is 1. The van der Waals surface area contributed by atoms with Gasteiger partial charge in [-0.05, 0) is 49.2 Å². The Morgan fingerprint density at radius 2 is 1.77 bits per heavy atom. The van der Waals surface area contributed by atoms with Gasteiger partial charge < -0.3 is 9.47 Å². The highest BCUT2D eigenvalue weighted by Gasteiger charge is 2.61. The molecular weight excluding hydrogens is 515 g/mol. The Morgan fingerprint density at radius 3 is 2.40 bits per heavy atom. The first-order chi connectivity index (χ1) is 16.4. The summed E-state index contributed by atoms with van der Waals surface area (Å²) >= 11 is 1.01. The van der Waals surface area contributed by atoms with Crippen molar-refractivity contribution in [3.8, 4) is 5.75 Å². The molecule has 190 valence electrons. The van der Waals surface area contributed by atoms with E-state index in [4.69, 9.17) is 9.47 Å². The molecule has 2 heterocycles. The highest BCUT2D eigenvalue weighted by atomic mass is 32.2. The van der Waals surface area contributed by atoms with Gasteiger partial charge in [-0.2, -0.15) is 13.2 Å². The SMILES string of the molecule is CC(=O)SCC[C@@H]1OCCC2(S(=O)(=O)c3ccc(C(F)(F)F)cc3)c3c(F)ccc(F)c3OC[C@@H]12. The summed E-state index contributed by atoms with van der Waals surface area (Å²) in [4.78, 5) is 10.9. The van der Waals surface area contributed by atoms with Gasteiger partial charge in [0.2, 0.25) is 0 Å². The lowest BCUT2D eigenvalue weighted by Crippen LogP contribution is -2.57. The zero-order valence-corrected chi connectivity index (χ0v) is 20.0. The van der Waals surface area contributed by atoms with Gasteiger partial charge in [0.15, 0.2) is 26.5 Å². The van der Waals surface area contributed by atoms with Gasteiger partial charge in [0.1, 0.15) is 10.6 Å². The molecule has 0 saturated carbocycles. The molecule has 2 aliphatic rings. The standard InChI is InChI=1S/C23H21F5O5S2/c1-13(29)34-11-8-19-16-12-33-21-18(25)7-6-17(24)20(21)22(16,9-10-32-19)35(30,31)15-4-2-14(3-5-15)23(26,27)28/h2-7,16,19H,8-12H2,1H3/t16-,19-,22?/m0/s1. The largest absolute Gasteiger partial charge is 0.490 e. The van der Waals surface area contributed by atoms with Crippen molar-refractivity contribution in [1.82, 2.24) is 0 Å². The molecule has 12 heteroatoms. The minimum Gasteiger partial charge on any atom is -0.490 e. The van der Waals surface area contributed by atoms with Gasteiger partial charge in [-0.25, -0.2) is 17.2 Å². The predicted molar refractivity (Wildman–Crippen MR) is 118 cm³/mol. The van der Waals surface area contributed by atoms with Crippen LogP contribution in [0.2, 0.25) is 0 Å². The quantitative estimate of drug-likeness (QED) is 0.494. The van der Waals surface area contributed by atoms with E-state index in [1.807, 2.05) is 0 Å². The first kappa shape index (κ1) is 25.9. The van der Waals surface area contributed by atoms with Gasteiger partial charge in [0.25, 0.3) is 0 Å². The van der Waals surface area contributed by atoms with Crippen LogP contribution in [0.25, 0.3) is 0 Å². The van der Waals surface area contributed by atoms with Gasteiger partial charge in [0, 0.05) is 25.2 Å². The van der Waals surface area contributed by atoms with Gasteiger partial charge in [0.05, 0.1) is 28.7 Å². The van der Waals surface area contributed by atoms with Crippen LogP contribution in [0, 0.1) is 17.6 Å². The molecule has 0 aliphatic carbocycles. The van der Waals surface area contributed by atoms with Crippen molar-refractivity contribution in [3.63, 3.8) is 0 Å². The second-order valence-electron chi connectivity index (χ2n) is 8.35. The average Bonchev–Trinajstić information content (AvgIpc) is 2.80. The fourth-order valence-corrected chi connectivity index (χ4v) is 7.84. The van der Waals surface area contributed by atoms with E-state index in [-0.39, 0.29) is 31.2 Å². The van der Waals surface area contributed by atoms with E-state index in [0.717, 1.165) is 36.0 Å². The zero-order chi connectivity index (χ0) is 25.6. The van der Waals surface area contributed by atoms with Crippen LogP contribution in [0.5, 0.6) is 5.75 Å². The molecular formula is C23H21F5O5S2.